The normalized spacial score (nSPS) is 10.8. The zero-order valence-electron chi connectivity index (χ0n) is 15.8. The lowest BCUT2D eigenvalue weighted by Crippen LogP contribution is -2.15. The molecule has 3 aromatic carbocycles. The summed E-state index contributed by atoms with van der Waals surface area (Å²) in [5, 5.41) is 14.9. The van der Waals surface area contributed by atoms with Crippen LogP contribution in [0.2, 0.25) is 0 Å². The van der Waals surface area contributed by atoms with Crippen molar-refractivity contribution < 1.29 is 9.72 Å². The summed E-state index contributed by atoms with van der Waals surface area (Å²) in [7, 11) is 0. The number of para-hydroxylation sites is 1. The predicted octanol–water partition coefficient (Wildman–Crippen LogP) is 5.74. The zero-order valence-corrected chi connectivity index (χ0v) is 16.6. The highest BCUT2D eigenvalue weighted by atomic mass is 32.1. The summed E-state index contributed by atoms with van der Waals surface area (Å²) in [6.07, 6.45) is 0. The molecule has 1 amide bonds. The zero-order chi connectivity index (χ0) is 20.5. The first-order chi connectivity index (χ1) is 14.0. The number of nitro benzene ring substituents is 1. The number of amides is 1. The van der Waals surface area contributed by atoms with Gasteiger partial charge >= 0.3 is 0 Å². The standard InChI is InChI=1S/C22H17N3O3S/c1-13-16(22-24-18-9-3-4-12-20(18)29-22)8-5-10-17(13)23-21(26)15-7-6-11-19(14(15)2)25(27)28/h3-12H,1-2H3,(H,23,26). The van der Waals surface area contributed by atoms with Crippen LogP contribution in [0.1, 0.15) is 21.5 Å². The first-order valence-corrected chi connectivity index (χ1v) is 9.78. The third-order valence-corrected chi connectivity index (χ3v) is 5.92. The Morgan fingerprint density at radius 3 is 2.52 bits per heavy atom. The molecule has 1 heterocycles. The Hall–Kier alpha value is -3.58. The number of hydrogen-bond acceptors (Lipinski definition) is 5. The molecule has 29 heavy (non-hydrogen) atoms. The van der Waals surface area contributed by atoms with Gasteiger partial charge in [0.15, 0.2) is 0 Å². The third-order valence-electron chi connectivity index (χ3n) is 4.85. The molecule has 0 unspecified atom stereocenters. The molecule has 0 fully saturated rings. The summed E-state index contributed by atoms with van der Waals surface area (Å²) >= 11 is 1.60. The molecule has 6 nitrogen and oxygen atoms in total. The lowest BCUT2D eigenvalue weighted by Gasteiger charge is -2.12. The number of carbonyl (C=O) groups excluding carboxylic acids is 1. The minimum atomic E-state index is -0.481. The van der Waals surface area contributed by atoms with Crippen LogP contribution in [-0.4, -0.2) is 15.8 Å². The molecule has 1 N–H and O–H groups in total. The van der Waals surface area contributed by atoms with Crippen LogP contribution in [-0.2, 0) is 0 Å². The number of anilines is 1. The minimum absolute atomic E-state index is 0.0717. The summed E-state index contributed by atoms with van der Waals surface area (Å²) < 4.78 is 1.10. The van der Waals surface area contributed by atoms with Gasteiger partial charge < -0.3 is 5.32 Å². The van der Waals surface area contributed by atoms with E-state index in [0.29, 0.717) is 11.3 Å². The average Bonchev–Trinajstić information content (AvgIpc) is 3.13. The molecule has 0 bridgehead atoms. The molecule has 144 valence electrons. The summed E-state index contributed by atoms with van der Waals surface area (Å²) in [4.78, 5) is 28.2. The van der Waals surface area contributed by atoms with Crippen molar-refractivity contribution in [1.82, 2.24) is 4.98 Å². The van der Waals surface area contributed by atoms with Gasteiger partial charge in [0.1, 0.15) is 5.01 Å². The van der Waals surface area contributed by atoms with Crippen LogP contribution >= 0.6 is 11.3 Å². The summed E-state index contributed by atoms with van der Waals surface area (Å²) in [5.74, 6) is -0.379. The Balaban J connectivity index is 1.69. The van der Waals surface area contributed by atoms with Crippen LogP contribution in [0.5, 0.6) is 0 Å². The maximum Gasteiger partial charge on any atom is 0.273 e. The van der Waals surface area contributed by atoms with Crippen LogP contribution in [0.3, 0.4) is 0 Å². The van der Waals surface area contributed by atoms with Crippen molar-refractivity contribution in [1.29, 1.82) is 0 Å². The molecule has 4 rings (SSSR count). The van der Waals surface area contributed by atoms with E-state index in [2.05, 4.69) is 5.32 Å². The molecule has 1 aromatic heterocycles. The summed E-state index contributed by atoms with van der Waals surface area (Å²) in [5.41, 5.74) is 3.98. The average molecular weight is 403 g/mol. The fourth-order valence-electron chi connectivity index (χ4n) is 3.25. The van der Waals surface area contributed by atoms with Crippen molar-refractivity contribution in [3.05, 3.63) is 87.5 Å². The van der Waals surface area contributed by atoms with Gasteiger partial charge in [0.25, 0.3) is 11.6 Å². The molecule has 4 aromatic rings. The van der Waals surface area contributed by atoms with E-state index >= 15 is 0 Å². The van der Waals surface area contributed by atoms with Gasteiger partial charge in [-0.25, -0.2) is 4.98 Å². The number of fused-ring (bicyclic) bond motifs is 1. The van der Waals surface area contributed by atoms with E-state index in [9.17, 15) is 14.9 Å². The van der Waals surface area contributed by atoms with Crippen LogP contribution in [0, 0.1) is 24.0 Å². The van der Waals surface area contributed by atoms with Crippen LogP contribution < -0.4 is 5.32 Å². The van der Waals surface area contributed by atoms with Crippen molar-refractivity contribution in [2.75, 3.05) is 5.32 Å². The van der Waals surface area contributed by atoms with Gasteiger partial charge in [-0.2, -0.15) is 0 Å². The molecule has 0 spiro atoms. The number of carbonyl (C=O) groups is 1. The highest BCUT2D eigenvalue weighted by molar-refractivity contribution is 7.21. The number of nitrogens with one attached hydrogen (secondary N) is 1. The largest absolute Gasteiger partial charge is 0.322 e. The predicted molar refractivity (Wildman–Crippen MR) is 116 cm³/mol. The number of nitrogens with zero attached hydrogens (tertiary/aromatic N) is 2. The number of aromatic nitrogens is 1. The maximum absolute atomic E-state index is 12.8. The summed E-state index contributed by atoms with van der Waals surface area (Å²) in [6, 6.07) is 18.1. The van der Waals surface area contributed by atoms with Gasteiger partial charge in [0, 0.05) is 28.4 Å². The van der Waals surface area contributed by atoms with E-state index in [-0.39, 0.29) is 17.2 Å². The van der Waals surface area contributed by atoms with Crippen molar-refractivity contribution in [2.24, 2.45) is 0 Å². The van der Waals surface area contributed by atoms with Crippen LogP contribution in [0.15, 0.2) is 60.7 Å². The van der Waals surface area contributed by atoms with Gasteiger partial charge in [-0.05, 0) is 43.7 Å². The lowest BCUT2D eigenvalue weighted by atomic mass is 10.0. The third kappa shape index (κ3) is 3.48. The fourth-order valence-corrected chi connectivity index (χ4v) is 4.30. The molecular formula is C22H17N3O3S. The topological polar surface area (TPSA) is 85.1 Å². The van der Waals surface area contributed by atoms with E-state index in [4.69, 9.17) is 4.98 Å². The quantitative estimate of drug-likeness (QED) is 0.348. The van der Waals surface area contributed by atoms with E-state index in [0.717, 1.165) is 26.4 Å². The Morgan fingerprint density at radius 1 is 1.00 bits per heavy atom. The monoisotopic (exact) mass is 403 g/mol. The molecule has 7 heteroatoms. The molecule has 0 radical (unpaired) electrons. The van der Waals surface area contributed by atoms with Gasteiger partial charge in [0.05, 0.1) is 15.1 Å². The van der Waals surface area contributed by atoms with E-state index in [1.807, 2.05) is 49.4 Å². The van der Waals surface area contributed by atoms with Crippen LogP contribution in [0.25, 0.3) is 20.8 Å². The molecule has 0 aliphatic rings. The van der Waals surface area contributed by atoms with Crippen molar-refractivity contribution >= 4 is 38.8 Å². The molecule has 0 saturated carbocycles. The second kappa shape index (κ2) is 7.44. The number of rotatable bonds is 4. The number of nitro groups is 1. The number of benzene rings is 3. The van der Waals surface area contributed by atoms with Gasteiger partial charge in [0.2, 0.25) is 0 Å². The molecule has 0 saturated heterocycles. The Morgan fingerprint density at radius 2 is 1.76 bits per heavy atom. The maximum atomic E-state index is 12.8. The fraction of sp³-hybridized carbons (Fsp3) is 0.0909. The second-order valence-electron chi connectivity index (χ2n) is 6.63. The van der Waals surface area contributed by atoms with Crippen molar-refractivity contribution in [3.8, 4) is 10.6 Å². The minimum Gasteiger partial charge on any atom is -0.322 e. The van der Waals surface area contributed by atoms with E-state index in [1.54, 1.807) is 24.3 Å². The smallest absolute Gasteiger partial charge is 0.273 e. The molecule has 0 aliphatic carbocycles. The summed E-state index contributed by atoms with van der Waals surface area (Å²) in [6.45, 7) is 3.51. The Kier molecular flexibility index (Phi) is 4.82. The number of thiazole rings is 1. The van der Waals surface area contributed by atoms with Gasteiger partial charge in [-0.3, -0.25) is 14.9 Å². The highest BCUT2D eigenvalue weighted by Crippen LogP contribution is 2.34. The first kappa shape index (κ1) is 18.8. The lowest BCUT2D eigenvalue weighted by molar-refractivity contribution is -0.385. The Bertz CT molecular complexity index is 1230. The molecule has 0 atom stereocenters. The van der Waals surface area contributed by atoms with Gasteiger partial charge in [-0.15, -0.1) is 11.3 Å². The van der Waals surface area contributed by atoms with E-state index in [1.165, 1.54) is 12.1 Å². The SMILES string of the molecule is Cc1c(NC(=O)c2cccc([N+](=O)[O-])c2C)cccc1-c1nc2ccccc2s1. The molecule has 0 aliphatic heterocycles. The van der Waals surface area contributed by atoms with Crippen molar-refractivity contribution in [3.63, 3.8) is 0 Å². The molecular weight excluding hydrogens is 386 g/mol. The first-order valence-electron chi connectivity index (χ1n) is 8.96. The van der Waals surface area contributed by atoms with Crippen molar-refractivity contribution in [2.45, 2.75) is 13.8 Å². The van der Waals surface area contributed by atoms with Gasteiger partial charge in [-0.1, -0.05) is 30.3 Å². The highest BCUT2D eigenvalue weighted by Gasteiger charge is 2.19. The number of hydrogen-bond donors (Lipinski definition) is 1. The van der Waals surface area contributed by atoms with E-state index < -0.39 is 4.92 Å². The Labute approximate surface area is 171 Å². The second-order valence-corrected chi connectivity index (χ2v) is 7.66. The van der Waals surface area contributed by atoms with Crippen LogP contribution in [0.4, 0.5) is 11.4 Å².